The zero-order chi connectivity index (χ0) is 5.98. The van der Waals surface area contributed by atoms with Gasteiger partial charge in [0.2, 0.25) is 0 Å². The Hall–Kier alpha value is -0.0151. The van der Waals surface area contributed by atoms with Gasteiger partial charge in [0.05, 0.1) is 19.1 Å². The molecule has 1 heterocycles. The van der Waals surface area contributed by atoms with E-state index in [-0.39, 0.29) is 0 Å². The summed E-state index contributed by atoms with van der Waals surface area (Å²) in [7, 11) is 5.25. The van der Waals surface area contributed by atoms with E-state index in [1.165, 1.54) is 11.3 Å². The smallest absolute Gasteiger partial charge is 0.113 e. The van der Waals surface area contributed by atoms with E-state index in [2.05, 4.69) is 4.98 Å². The van der Waals surface area contributed by atoms with E-state index in [0.717, 1.165) is 5.01 Å². The number of hydrogen-bond donors (Lipinski definition) is 0. The van der Waals surface area contributed by atoms with Crippen molar-refractivity contribution in [1.82, 2.24) is 4.98 Å². The molecular formula is C4H3BClNS. The highest BCUT2D eigenvalue weighted by molar-refractivity contribution is 7.15. The van der Waals surface area contributed by atoms with Gasteiger partial charge in [-0.2, -0.15) is 0 Å². The van der Waals surface area contributed by atoms with E-state index in [0.29, 0.717) is 10.7 Å². The van der Waals surface area contributed by atoms with E-state index >= 15 is 0 Å². The Morgan fingerprint density at radius 2 is 2.62 bits per heavy atom. The third-order valence-electron chi connectivity index (χ3n) is 0.700. The maximum Gasteiger partial charge on any atom is 0.113 e. The number of halogens is 1. The molecule has 8 heavy (non-hydrogen) atoms. The molecule has 0 aromatic carbocycles. The lowest BCUT2D eigenvalue weighted by atomic mass is 10.1. The molecule has 2 radical (unpaired) electrons. The van der Waals surface area contributed by atoms with Crippen LogP contribution >= 0.6 is 22.9 Å². The van der Waals surface area contributed by atoms with E-state index in [9.17, 15) is 0 Å². The molecule has 1 aromatic rings. The van der Waals surface area contributed by atoms with Crippen molar-refractivity contribution in [3.63, 3.8) is 0 Å². The Morgan fingerprint density at radius 3 is 2.88 bits per heavy atom. The van der Waals surface area contributed by atoms with E-state index < -0.39 is 0 Å². The van der Waals surface area contributed by atoms with Gasteiger partial charge in [-0.05, 0) is 6.32 Å². The van der Waals surface area contributed by atoms with Crippen LogP contribution in [0.4, 0.5) is 0 Å². The minimum atomic E-state index is 0.484. The van der Waals surface area contributed by atoms with Crippen LogP contribution in [-0.4, -0.2) is 12.8 Å². The fraction of sp³-hybridized carbons (Fsp3) is 0.250. The minimum Gasteiger partial charge on any atom is -0.249 e. The van der Waals surface area contributed by atoms with E-state index in [4.69, 9.17) is 19.4 Å². The predicted octanol–water partition coefficient (Wildman–Crippen LogP) is 1.47. The van der Waals surface area contributed by atoms with Crippen molar-refractivity contribution in [3.05, 3.63) is 15.5 Å². The largest absolute Gasteiger partial charge is 0.249 e. The fourth-order valence-corrected chi connectivity index (χ4v) is 1.22. The molecule has 0 aliphatic rings. The van der Waals surface area contributed by atoms with Gasteiger partial charge in [0.1, 0.15) is 4.34 Å². The number of hydrogen-bond acceptors (Lipinski definition) is 2. The van der Waals surface area contributed by atoms with Gasteiger partial charge in [-0.1, -0.05) is 11.6 Å². The third-order valence-corrected chi connectivity index (χ3v) is 1.84. The highest BCUT2D eigenvalue weighted by Gasteiger charge is 1.93. The Kier molecular flexibility index (Phi) is 1.92. The molecule has 4 heteroatoms. The Labute approximate surface area is 58.1 Å². The molecule has 0 aliphatic heterocycles. The monoisotopic (exact) mass is 143 g/mol. The molecule has 0 saturated heterocycles. The van der Waals surface area contributed by atoms with Gasteiger partial charge in [-0.15, -0.1) is 11.3 Å². The van der Waals surface area contributed by atoms with E-state index in [1.54, 1.807) is 6.20 Å². The first kappa shape index (κ1) is 6.11. The van der Waals surface area contributed by atoms with Gasteiger partial charge in [0.25, 0.3) is 0 Å². The topological polar surface area (TPSA) is 12.9 Å². The highest BCUT2D eigenvalue weighted by Crippen LogP contribution is 2.17. The quantitative estimate of drug-likeness (QED) is 0.543. The maximum absolute atomic E-state index is 5.54. The van der Waals surface area contributed by atoms with Crippen molar-refractivity contribution in [1.29, 1.82) is 0 Å². The highest BCUT2D eigenvalue weighted by atomic mass is 35.5. The van der Waals surface area contributed by atoms with Crippen LogP contribution in [0.2, 0.25) is 4.34 Å². The first-order chi connectivity index (χ1) is 3.83. The minimum absolute atomic E-state index is 0.484. The van der Waals surface area contributed by atoms with Crippen molar-refractivity contribution in [2.45, 2.75) is 6.32 Å². The molecule has 0 fully saturated rings. The molecular weight excluding hydrogens is 140 g/mol. The lowest BCUT2D eigenvalue weighted by Gasteiger charge is -1.77. The first-order valence-electron chi connectivity index (χ1n) is 2.13. The second-order valence-corrected chi connectivity index (χ2v) is 3.01. The number of nitrogens with zero attached hydrogens (tertiary/aromatic N) is 1. The van der Waals surface area contributed by atoms with Gasteiger partial charge in [0, 0.05) is 0 Å². The summed E-state index contributed by atoms with van der Waals surface area (Å²) in [5.41, 5.74) is 0. The molecule has 1 rings (SSSR count). The molecule has 0 amide bonds. The lowest BCUT2D eigenvalue weighted by Crippen LogP contribution is -1.76. The zero-order valence-corrected chi connectivity index (χ0v) is 5.67. The lowest BCUT2D eigenvalue weighted by molar-refractivity contribution is 1.26. The summed E-state index contributed by atoms with van der Waals surface area (Å²) in [5.74, 6) is 0. The Bertz CT molecular complexity index is 176. The van der Waals surface area contributed by atoms with Crippen molar-refractivity contribution >= 4 is 30.8 Å². The summed E-state index contributed by atoms with van der Waals surface area (Å²) >= 11 is 6.96. The summed E-state index contributed by atoms with van der Waals surface area (Å²) in [5, 5.41) is 0.884. The van der Waals surface area contributed by atoms with Gasteiger partial charge in [0.15, 0.2) is 0 Å². The van der Waals surface area contributed by atoms with Crippen molar-refractivity contribution in [2.24, 2.45) is 0 Å². The summed E-state index contributed by atoms with van der Waals surface area (Å²) < 4.78 is 0.699. The number of rotatable bonds is 1. The normalized spacial score (nSPS) is 9.62. The van der Waals surface area contributed by atoms with Crippen LogP contribution in [0.5, 0.6) is 0 Å². The van der Waals surface area contributed by atoms with Gasteiger partial charge in [-0.25, -0.2) is 4.98 Å². The summed E-state index contributed by atoms with van der Waals surface area (Å²) in [6, 6.07) is 0. The van der Waals surface area contributed by atoms with Crippen molar-refractivity contribution in [2.75, 3.05) is 0 Å². The van der Waals surface area contributed by atoms with Crippen LogP contribution in [0.15, 0.2) is 6.20 Å². The van der Waals surface area contributed by atoms with Gasteiger partial charge < -0.3 is 0 Å². The second kappa shape index (κ2) is 2.51. The Morgan fingerprint density at radius 1 is 1.88 bits per heavy atom. The third kappa shape index (κ3) is 1.23. The molecule has 0 bridgehead atoms. The number of thiazole rings is 1. The summed E-state index contributed by atoms with van der Waals surface area (Å²) in [6.07, 6.45) is 2.09. The summed E-state index contributed by atoms with van der Waals surface area (Å²) in [6.45, 7) is 0. The van der Waals surface area contributed by atoms with Crippen LogP contribution in [0.3, 0.4) is 0 Å². The average molecular weight is 143 g/mol. The second-order valence-electron chi connectivity index (χ2n) is 1.26. The fourth-order valence-electron chi connectivity index (χ4n) is 0.382. The molecule has 40 valence electrons. The number of aromatic nitrogens is 1. The van der Waals surface area contributed by atoms with Crippen LogP contribution in [0.25, 0.3) is 0 Å². The first-order valence-corrected chi connectivity index (χ1v) is 3.32. The molecule has 0 spiro atoms. The Balaban J connectivity index is 2.84. The zero-order valence-electron chi connectivity index (χ0n) is 4.10. The maximum atomic E-state index is 5.54. The molecule has 1 aromatic heterocycles. The van der Waals surface area contributed by atoms with Crippen LogP contribution < -0.4 is 0 Å². The summed E-state index contributed by atoms with van der Waals surface area (Å²) in [4.78, 5) is 3.90. The van der Waals surface area contributed by atoms with Crippen LogP contribution in [0.1, 0.15) is 5.01 Å². The van der Waals surface area contributed by atoms with Crippen molar-refractivity contribution < 1.29 is 0 Å². The van der Waals surface area contributed by atoms with Gasteiger partial charge in [-0.3, -0.25) is 0 Å². The van der Waals surface area contributed by atoms with Crippen molar-refractivity contribution in [3.8, 4) is 0 Å². The molecule has 0 unspecified atom stereocenters. The molecule has 0 N–H and O–H groups in total. The molecule has 0 saturated carbocycles. The van der Waals surface area contributed by atoms with Gasteiger partial charge >= 0.3 is 0 Å². The molecule has 1 nitrogen and oxygen atoms in total. The average Bonchev–Trinajstić information content (AvgIpc) is 2.14. The van der Waals surface area contributed by atoms with Crippen LogP contribution in [-0.2, 0) is 6.32 Å². The van der Waals surface area contributed by atoms with Crippen LogP contribution in [0, 0.1) is 0 Å². The predicted molar refractivity (Wildman–Crippen MR) is 36.6 cm³/mol. The molecule has 0 atom stereocenters. The van der Waals surface area contributed by atoms with E-state index in [1.807, 2.05) is 0 Å². The molecule has 0 aliphatic carbocycles. The standard InChI is InChI=1S/C4H3BClNS/c5-1-4-7-2-3(6)8-4/h2H,1H2. The SMILES string of the molecule is [B]Cc1ncc(Cl)s1.